The summed E-state index contributed by atoms with van der Waals surface area (Å²) in [5.41, 5.74) is 1.74. The molecule has 1 aliphatic heterocycles. The lowest BCUT2D eigenvalue weighted by atomic mass is 10.1. The second-order valence-corrected chi connectivity index (χ2v) is 4.12. The highest BCUT2D eigenvalue weighted by molar-refractivity contribution is 5.55. The van der Waals surface area contributed by atoms with Gasteiger partial charge < -0.3 is 10.0 Å². The zero-order valence-corrected chi connectivity index (χ0v) is 9.09. The number of nitro groups is 1. The molecule has 0 aromatic heterocycles. The van der Waals surface area contributed by atoms with Gasteiger partial charge in [-0.15, -0.1) is 0 Å². The van der Waals surface area contributed by atoms with Crippen LogP contribution in [0.2, 0.25) is 0 Å². The van der Waals surface area contributed by atoms with Crippen LogP contribution < -0.4 is 4.90 Å². The molecule has 1 aliphatic rings. The van der Waals surface area contributed by atoms with Crippen molar-refractivity contribution in [3.8, 4) is 0 Å². The van der Waals surface area contributed by atoms with Crippen molar-refractivity contribution in [2.45, 2.75) is 19.4 Å². The number of β-amino-alcohol motifs (C(OH)–C–C–N with tert-alkyl or cyclic N) is 1. The van der Waals surface area contributed by atoms with Gasteiger partial charge in [-0.25, -0.2) is 0 Å². The maximum atomic E-state index is 10.7. The van der Waals surface area contributed by atoms with E-state index >= 15 is 0 Å². The van der Waals surface area contributed by atoms with Crippen LogP contribution in [0.5, 0.6) is 0 Å². The Morgan fingerprint density at radius 1 is 1.56 bits per heavy atom. The number of nitrogens with zero attached hydrogens (tertiary/aromatic N) is 2. The SMILES string of the molecule is Cc1cc(N2CC[C@@H](O)C2)ccc1[N+](=O)[O-]. The third kappa shape index (κ3) is 1.99. The van der Waals surface area contributed by atoms with Crippen LogP contribution in [-0.2, 0) is 0 Å². The highest BCUT2D eigenvalue weighted by Gasteiger charge is 2.21. The predicted octanol–water partition coefficient (Wildman–Crippen LogP) is 1.47. The topological polar surface area (TPSA) is 66.6 Å². The number of hydrogen-bond acceptors (Lipinski definition) is 4. The highest BCUT2D eigenvalue weighted by Crippen LogP contribution is 2.26. The third-order valence-electron chi connectivity index (χ3n) is 2.91. The largest absolute Gasteiger partial charge is 0.391 e. The van der Waals surface area contributed by atoms with E-state index in [4.69, 9.17) is 0 Å². The van der Waals surface area contributed by atoms with Crippen LogP contribution in [0, 0.1) is 17.0 Å². The van der Waals surface area contributed by atoms with Gasteiger partial charge in [0, 0.05) is 30.4 Å². The maximum Gasteiger partial charge on any atom is 0.272 e. The van der Waals surface area contributed by atoms with E-state index in [1.807, 2.05) is 4.90 Å². The van der Waals surface area contributed by atoms with E-state index in [9.17, 15) is 15.2 Å². The Morgan fingerprint density at radius 3 is 2.81 bits per heavy atom. The average Bonchev–Trinajstić information content (AvgIpc) is 2.64. The molecule has 0 saturated carbocycles. The van der Waals surface area contributed by atoms with Gasteiger partial charge in [0.2, 0.25) is 0 Å². The highest BCUT2D eigenvalue weighted by atomic mass is 16.6. The van der Waals surface area contributed by atoms with Gasteiger partial charge in [0.25, 0.3) is 5.69 Å². The van der Waals surface area contributed by atoms with Crippen LogP contribution >= 0.6 is 0 Å². The van der Waals surface area contributed by atoms with Crippen LogP contribution in [0.3, 0.4) is 0 Å². The average molecular weight is 222 g/mol. The lowest BCUT2D eigenvalue weighted by molar-refractivity contribution is -0.385. The van der Waals surface area contributed by atoms with Gasteiger partial charge in [-0.1, -0.05) is 0 Å². The number of aliphatic hydroxyl groups excluding tert-OH is 1. The monoisotopic (exact) mass is 222 g/mol. The third-order valence-corrected chi connectivity index (χ3v) is 2.91. The van der Waals surface area contributed by atoms with Gasteiger partial charge in [-0.2, -0.15) is 0 Å². The Hall–Kier alpha value is -1.62. The quantitative estimate of drug-likeness (QED) is 0.608. The van der Waals surface area contributed by atoms with Gasteiger partial charge in [0.1, 0.15) is 0 Å². The smallest absolute Gasteiger partial charge is 0.272 e. The summed E-state index contributed by atoms with van der Waals surface area (Å²) in [6.07, 6.45) is 0.478. The van der Waals surface area contributed by atoms with E-state index in [-0.39, 0.29) is 16.7 Å². The second-order valence-electron chi connectivity index (χ2n) is 4.12. The minimum atomic E-state index is -0.377. The second kappa shape index (κ2) is 4.09. The normalized spacial score (nSPS) is 20.1. The molecule has 1 N–H and O–H groups in total. The Balaban J connectivity index is 2.24. The molecule has 1 saturated heterocycles. The van der Waals surface area contributed by atoms with E-state index in [1.165, 1.54) is 6.07 Å². The summed E-state index contributed by atoms with van der Waals surface area (Å²) in [6.45, 7) is 3.14. The molecule has 5 heteroatoms. The number of aliphatic hydroxyl groups is 1. The lowest BCUT2D eigenvalue weighted by Crippen LogP contribution is -2.21. The van der Waals surface area contributed by atoms with Crippen LogP contribution in [0.4, 0.5) is 11.4 Å². The Kier molecular flexibility index (Phi) is 2.78. The fraction of sp³-hybridized carbons (Fsp3) is 0.455. The fourth-order valence-corrected chi connectivity index (χ4v) is 2.02. The number of aryl methyl sites for hydroxylation is 1. The Morgan fingerprint density at radius 2 is 2.31 bits per heavy atom. The van der Waals surface area contributed by atoms with Crippen molar-refractivity contribution in [3.63, 3.8) is 0 Å². The van der Waals surface area contributed by atoms with Crippen molar-refractivity contribution in [1.82, 2.24) is 0 Å². The minimum Gasteiger partial charge on any atom is -0.391 e. The van der Waals surface area contributed by atoms with Crippen molar-refractivity contribution < 1.29 is 10.0 Å². The first-order chi connectivity index (χ1) is 7.58. The number of anilines is 1. The van der Waals surface area contributed by atoms with E-state index in [0.29, 0.717) is 12.1 Å². The number of benzene rings is 1. The van der Waals surface area contributed by atoms with Crippen molar-refractivity contribution in [2.24, 2.45) is 0 Å². The first kappa shape index (κ1) is 10.9. The van der Waals surface area contributed by atoms with Crippen molar-refractivity contribution in [1.29, 1.82) is 0 Å². The van der Waals surface area contributed by atoms with Gasteiger partial charge >= 0.3 is 0 Å². The number of nitro benzene ring substituents is 1. The van der Waals surface area contributed by atoms with Crippen LogP contribution in [0.15, 0.2) is 18.2 Å². The van der Waals surface area contributed by atoms with E-state index in [2.05, 4.69) is 0 Å². The summed E-state index contributed by atoms with van der Waals surface area (Å²) in [7, 11) is 0. The van der Waals surface area contributed by atoms with Crippen molar-refractivity contribution in [3.05, 3.63) is 33.9 Å². The Labute approximate surface area is 93.5 Å². The number of rotatable bonds is 2. The molecule has 1 atom stereocenters. The molecule has 1 heterocycles. The summed E-state index contributed by atoms with van der Waals surface area (Å²) >= 11 is 0. The molecule has 1 fully saturated rings. The molecule has 0 amide bonds. The molecule has 0 bridgehead atoms. The van der Waals surface area contributed by atoms with Crippen molar-refractivity contribution in [2.75, 3.05) is 18.0 Å². The molecule has 0 unspecified atom stereocenters. The van der Waals surface area contributed by atoms with Crippen LogP contribution in [-0.4, -0.2) is 29.2 Å². The zero-order chi connectivity index (χ0) is 11.7. The molecule has 0 spiro atoms. The van der Waals surface area contributed by atoms with Gasteiger partial charge in [0.15, 0.2) is 0 Å². The molecule has 2 rings (SSSR count). The summed E-state index contributed by atoms with van der Waals surface area (Å²) < 4.78 is 0. The molecule has 0 radical (unpaired) electrons. The summed E-state index contributed by atoms with van der Waals surface area (Å²) in [6, 6.07) is 5.06. The first-order valence-corrected chi connectivity index (χ1v) is 5.26. The molecule has 5 nitrogen and oxygen atoms in total. The number of hydrogen-bond donors (Lipinski definition) is 1. The summed E-state index contributed by atoms with van der Waals surface area (Å²) in [5.74, 6) is 0. The van der Waals surface area contributed by atoms with E-state index in [1.54, 1.807) is 19.1 Å². The molecule has 1 aromatic carbocycles. The molecular formula is C11H14N2O3. The molecular weight excluding hydrogens is 208 g/mol. The standard InChI is InChI=1S/C11H14N2O3/c1-8-6-9(2-3-11(8)13(15)16)12-5-4-10(14)7-12/h2-3,6,10,14H,4-5,7H2,1H3/t10-/m1/s1. The van der Waals surface area contributed by atoms with E-state index < -0.39 is 0 Å². The van der Waals surface area contributed by atoms with Crippen LogP contribution in [0.25, 0.3) is 0 Å². The summed E-state index contributed by atoms with van der Waals surface area (Å²) in [5, 5.41) is 20.1. The van der Waals surface area contributed by atoms with Crippen LogP contribution in [0.1, 0.15) is 12.0 Å². The fourth-order valence-electron chi connectivity index (χ4n) is 2.02. The molecule has 1 aromatic rings. The molecule has 16 heavy (non-hydrogen) atoms. The molecule has 86 valence electrons. The van der Waals surface area contributed by atoms with Gasteiger partial charge in [-0.05, 0) is 25.5 Å². The Bertz CT molecular complexity index is 420. The van der Waals surface area contributed by atoms with Crippen molar-refractivity contribution >= 4 is 11.4 Å². The molecule has 0 aliphatic carbocycles. The zero-order valence-electron chi connectivity index (χ0n) is 9.09. The first-order valence-electron chi connectivity index (χ1n) is 5.26. The lowest BCUT2D eigenvalue weighted by Gasteiger charge is -2.18. The van der Waals surface area contributed by atoms with E-state index in [0.717, 1.165) is 18.7 Å². The van der Waals surface area contributed by atoms with Gasteiger partial charge in [0.05, 0.1) is 11.0 Å². The predicted molar refractivity (Wildman–Crippen MR) is 60.7 cm³/mol. The minimum absolute atomic E-state index is 0.142. The summed E-state index contributed by atoms with van der Waals surface area (Å²) in [4.78, 5) is 12.3. The van der Waals surface area contributed by atoms with Gasteiger partial charge in [-0.3, -0.25) is 10.1 Å². The maximum absolute atomic E-state index is 10.7.